The van der Waals surface area contributed by atoms with Gasteiger partial charge in [0.1, 0.15) is 0 Å². The Bertz CT molecular complexity index is 497. The first-order valence-corrected chi connectivity index (χ1v) is 5.85. The SMILES string of the molecule is CCNC(c1cnn(C)c1C)c1ccnn1C. The third-order valence-corrected chi connectivity index (χ3v) is 3.15. The van der Waals surface area contributed by atoms with Crippen molar-refractivity contribution in [2.75, 3.05) is 6.54 Å². The van der Waals surface area contributed by atoms with Crippen molar-refractivity contribution in [3.63, 3.8) is 0 Å². The first-order valence-electron chi connectivity index (χ1n) is 5.85. The van der Waals surface area contributed by atoms with E-state index in [1.807, 2.05) is 41.9 Å². The van der Waals surface area contributed by atoms with E-state index in [0.29, 0.717) is 0 Å². The van der Waals surface area contributed by atoms with Gasteiger partial charge >= 0.3 is 0 Å². The zero-order valence-corrected chi connectivity index (χ0v) is 10.8. The molecule has 0 saturated heterocycles. The lowest BCUT2D eigenvalue weighted by Gasteiger charge is -2.18. The molecule has 1 atom stereocenters. The van der Waals surface area contributed by atoms with Gasteiger partial charge in [0.2, 0.25) is 0 Å². The molecule has 1 N–H and O–H groups in total. The highest BCUT2D eigenvalue weighted by molar-refractivity contribution is 5.29. The molecule has 1 unspecified atom stereocenters. The van der Waals surface area contributed by atoms with E-state index in [1.165, 1.54) is 11.3 Å². The zero-order valence-electron chi connectivity index (χ0n) is 10.8. The fourth-order valence-electron chi connectivity index (χ4n) is 2.04. The third-order valence-electron chi connectivity index (χ3n) is 3.15. The molecule has 0 radical (unpaired) electrons. The molecule has 0 saturated carbocycles. The van der Waals surface area contributed by atoms with Gasteiger partial charge in [0.05, 0.1) is 17.9 Å². The van der Waals surface area contributed by atoms with E-state index in [-0.39, 0.29) is 6.04 Å². The van der Waals surface area contributed by atoms with Gasteiger partial charge in [-0.05, 0) is 19.5 Å². The highest BCUT2D eigenvalue weighted by Crippen LogP contribution is 2.23. The molecule has 2 aromatic rings. The van der Waals surface area contributed by atoms with Crippen molar-refractivity contribution in [2.45, 2.75) is 19.9 Å². The van der Waals surface area contributed by atoms with E-state index in [1.54, 1.807) is 0 Å². The zero-order chi connectivity index (χ0) is 12.4. The van der Waals surface area contributed by atoms with Crippen LogP contribution < -0.4 is 5.32 Å². The van der Waals surface area contributed by atoms with Crippen molar-refractivity contribution >= 4 is 0 Å². The molecule has 0 aliphatic carbocycles. The van der Waals surface area contributed by atoms with Gasteiger partial charge in [0.25, 0.3) is 0 Å². The van der Waals surface area contributed by atoms with Gasteiger partial charge in [0.15, 0.2) is 0 Å². The lowest BCUT2D eigenvalue weighted by molar-refractivity contribution is 0.569. The molecule has 0 fully saturated rings. The Morgan fingerprint density at radius 2 is 2.06 bits per heavy atom. The van der Waals surface area contributed by atoms with Crippen LogP contribution in [0.3, 0.4) is 0 Å². The Kier molecular flexibility index (Phi) is 3.28. The van der Waals surface area contributed by atoms with Gasteiger partial charge in [-0.2, -0.15) is 10.2 Å². The van der Waals surface area contributed by atoms with E-state index in [2.05, 4.69) is 29.4 Å². The molecule has 0 aliphatic rings. The molecule has 2 rings (SSSR count). The molecular formula is C12H19N5. The highest BCUT2D eigenvalue weighted by atomic mass is 15.3. The Morgan fingerprint density at radius 1 is 1.29 bits per heavy atom. The van der Waals surface area contributed by atoms with E-state index in [4.69, 9.17) is 0 Å². The monoisotopic (exact) mass is 233 g/mol. The Labute approximate surface area is 101 Å². The number of nitrogens with one attached hydrogen (secondary N) is 1. The van der Waals surface area contributed by atoms with Crippen LogP contribution >= 0.6 is 0 Å². The fraction of sp³-hybridized carbons (Fsp3) is 0.500. The van der Waals surface area contributed by atoms with Crippen molar-refractivity contribution < 1.29 is 0 Å². The number of hydrogen-bond acceptors (Lipinski definition) is 3. The third kappa shape index (κ3) is 2.10. The van der Waals surface area contributed by atoms with Crippen LogP contribution in [0.1, 0.15) is 29.9 Å². The normalized spacial score (nSPS) is 12.9. The molecule has 0 bridgehead atoms. The van der Waals surface area contributed by atoms with Gasteiger partial charge in [-0.3, -0.25) is 9.36 Å². The Morgan fingerprint density at radius 3 is 2.53 bits per heavy atom. The Hall–Kier alpha value is -1.62. The number of aromatic nitrogens is 4. The summed E-state index contributed by atoms with van der Waals surface area (Å²) in [5, 5.41) is 12.0. The van der Waals surface area contributed by atoms with Crippen molar-refractivity contribution in [3.05, 3.63) is 35.4 Å². The molecular weight excluding hydrogens is 214 g/mol. The van der Waals surface area contributed by atoms with Gasteiger partial charge in [-0.1, -0.05) is 6.92 Å². The lowest BCUT2D eigenvalue weighted by Crippen LogP contribution is -2.24. The van der Waals surface area contributed by atoms with Crippen molar-refractivity contribution in [1.82, 2.24) is 24.9 Å². The first kappa shape index (κ1) is 11.9. The number of hydrogen-bond donors (Lipinski definition) is 1. The van der Waals surface area contributed by atoms with Crippen molar-refractivity contribution in [1.29, 1.82) is 0 Å². The quantitative estimate of drug-likeness (QED) is 0.862. The maximum atomic E-state index is 4.31. The van der Waals surface area contributed by atoms with Crippen LogP contribution in [0.2, 0.25) is 0 Å². The lowest BCUT2D eigenvalue weighted by atomic mass is 10.0. The summed E-state index contributed by atoms with van der Waals surface area (Å²) in [6.45, 7) is 5.10. The second-order valence-corrected chi connectivity index (χ2v) is 4.18. The second kappa shape index (κ2) is 4.71. The highest BCUT2D eigenvalue weighted by Gasteiger charge is 2.20. The average molecular weight is 233 g/mol. The smallest absolute Gasteiger partial charge is 0.0781 e. The van der Waals surface area contributed by atoms with E-state index >= 15 is 0 Å². The summed E-state index contributed by atoms with van der Waals surface area (Å²) < 4.78 is 3.80. The van der Waals surface area contributed by atoms with Gasteiger partial charge in [-0.25, -0.2) is 0 Å². The summed E-state index contributed by atoms with van der Waals surface area (Å²) in [6, 6.07) is 2.20. The summed E-state index contributed by atoms with van der Waals surface area (Å²) in [6.07, 6.45) is 3.75. The predicted molar refractivity (Wildman–Crippen MR) is 66.7 cm³/mol. The van der Waals surface area contributed by atoms with Crippen LogP contribution in [0.5, 0.6) is 0 Å². The number of aryl methyl sites for hydroxylation is 2. The van der Waals surface area contributed by atoms with Gasteiger partial charge < -0.3 is 5.32 Å². The molecule has 2 aromatic heterocycles. The molecule has 17 heavy (non-hydrogen) atoms. The minimum absolute atomic E-state index is 0.154. The van der Waals surface area contributed by atoms with Crippen molar-refractivity contribution in [2.24, 2.45) is 14.1 Å². The molecule has 2 heterocycles. The molecule has 0 amide bonds. The minimum Gasteiger partial charge on any atom is -0.305 e. The molecule has 0 aliphatic heterocycles. The first-order chi connectivity index (χ1) is 8.15. The van der Waals surface area contributed by atoms with Crippen LogP contribution in [-0.2, 0) is 14.1 Å². The second-order valence-electron chi connectivity index (χ2n) is 4.18. The topological polar surface area (TPSA) is 47.7 Å². The van der Waals surface area contributed by atoms with Gasteiger partial charge in [0, 0.05) is 31.5 Å². The maximum absolute atomic E-state index is 4.31. The molecule has 5 nitrogen and oxygen atoms in total. The fourth-order valence-corrected chi connectivity index (χ4v) is 2.04. The van der Waals surface area contributed by atoms with E-state index < -0.39 is 0 Å². The molecule has 92 valence electrons. The van der Waals surface area contributed by atoms with Crippen LogP contribution in [0.4, 0.5) is 0 Å². The number of nitrogens with zero attached hydrogens (tertiary/aromatic N) is 4. The van der Waals surface area contributed by atoms with Crippen LogP contribution in [-0.4, -0.2) is 26.1 Å². The largest absolute Gasteiger partial charge is 0.305 e. The summed E-state index contributed by atoms with van der Waals surface area (Å²) in [7, 11) is 3.93. The molecule has 5 heteroatoms. The van der Waals surface area contributed by atoms with Crippen LogP contribution in [0.15, 0.2) is 18.5 Å². The van der Waals surface area contributed by atoms with Crippen LogP contribution in [0, 0.1) is 6.92 Å². The molecule has 0 spiro atoms. The summed E-state index contributed by atoms with van der Waals surface area (Å²) >= 11 is 0. The summed E-state index contributed by atoms with van der Waals surface area (Å²) in [4.78, 5) is 0. The van der Waals surface area contributed by atoms with Crippen molar-refractivity contribution in [3.8, 4) is 0 Å². The van der Waals surface area contributed by atoms with E-state index in [9.17, 15) is 0 Å². The summed E-state index contributed by atoms with van der Waals surface area (Å²) in [5.41, 5.74) is 3.54. The Balaban J connectivity index is 2.43. The minimum atomic E-state index is 0.154. The standard InChI is InChI=1S/C12H19N5/c1-5-13-12(11-6-7-14-17(11)4)10-8-15-16(3)9(10)2/h6-8,12-13H,5H2,1-4H3. The van der Waals surface area contributed by atoms with E-state index in [0.717, 1.165) is 12.2 Å². The number of rotatable bonds is 4. The average Bonchev–Trinajstić information content (AvgIpc) is 2.85. The maximum Gasteiger partial charge on any atom is 0.0781 e. The predicted octanol–water partition coefficient (Wildman–Crippen LogP) is 1.16. The molecule has 0 aromatic carbocycles. The van der Waals surface area contributed by atoms with Crippen LogP contribution in [0.25, 0.3) is 0 Å². The summed E-state index contributed by atoms with van der Waals surface area (Å²) in [5.74, 6) is 0. The van der Waals surface area contributed by atoms with Gasteiger partial charge in [-0.15, -0.1) is 0 Å².